The molecule has 0 heterocycles. The van der Waals surface area contributed by atoms with E-state index in [-0.39, 0.29) is 45.6 Å². The first kappa shape index (κ1) is 34.2. The molecule has 206 valence electrons. The van der Waals surface area contributed by atoms with Gasteiger partial charge in [-0.05, 0) is 26.2 Å². The van der Waals surface area contributed by atoms with Gasteiger partial charge in [-0.2, -0.15) is 0 Å². The van der Waals surface area contributed by atoms with Crippen LogP contribution in [0.3, 0.4) is 0 Å². The first-order valence-corrected chi connectivity index (χ1v) is 15.8. The van der Waals surface area contributed by atoms with E-state index in [4.69, 9.17) is 29.6 Å². The van der Waals surface area contributed by atoms with Crippen LogP contribution in [0.1, 0.15) is 47.0 Å². The second-order valence-electron chi connectivity index (χ2n) is 7.77. The predicted molar refractivity (Wildman–Crippen MR) is 128 cm³/mol. The summed E-state index contributed by atoms with van der Waals surface area (Å²) in [6.07, 6.45) is -0.547. The van der Waals surface area contributed by atoms with Crippen molar-refractivity contribution in [2.75, 3.05) is 47.4 Å². The minimum absolute atomic E-state index is 0.0419. The Balaban J connectivity index is 6.86. The Morgan fingerprint density at radius 3 is 1.44 bits per heavy atom. The zero-order valence-electron chi connectivity index (χ0n) is 21.0. The summed E-state index contributed by atoms with van der Waals surface area (Å²) < 4.78 is 63.2. The summed E-state index contributed by atoms with van der Waals surface area (Å²) in [4.78, 5) is -2.91. The molecule has 0 fully saturated rings. The number of phosphoric acid groups is 1. The number of nitrogens with one attached hydrogen (secondary N) is 3. The number of hydroxylamine groups is 3. The van der Waals surface area contributed by atoms with E-state index in [0.717, 1.165) is 21.1 Å². The van der Waals surface area contributed by atoms with Crippen LogP contribution in [0.5, 0.6) is 0 Å². The summed E-state index contributed by atoms with van der Waals surface area (Å²) in [6.45, 7) is 5.12. The third-order valence-corrected chi connectivity index (χ3v) is 14.3. The van der Waals surface area contributed by atoms with Crippen molar-refractivity contribution in [1.29, 1.82) is 0 Å². The molecular formula is C16H42N5O10P3. The number of phosphoric ester groups is 1. The molecule has 5 atom stereocenters. The molecule has 0 aromatic rings. The molecule has 15 nitrogen and oxygen atoms in total. The minimum Gasteiger partial charge on any atom is -0.630 e. The SMILES string of the molecule is CCC(CC)(OP(=O)(OCCN)OCCN)P(=O)(OC(C)(CC)P(=O)([NH+](C)[O-])[NH+](C)[O-])[NH+](C)[O-]. The minimum atomic E-state index is -4.74. The van der Waals surface area contributed by atoms with Gasteiger partial charge >= 0.3 is 22.8 Å². The summed E-state index contributed by atoms with van der Waals surface area (Å²) in [7, 11) is -10.7. The third kappa shape index (κ3) is 6.95. The zero-order chi connectivity index (χ0) is 27.0. The summed E-state index contributed by atoms with van der Waals surface area (Å²) in [5.41, 5.74) is 10.8. The smallest absolute Gasteiger partial charge is 0.476 e. The maximum Gasteiger partial charge on any atom is 0.476 e. The first-order valence-electron chi connectivity index (χ1n) is 11.0. The molecule has 18 heteroatoms. The standard InChI is InChI=1S/C16H42N5O10P3/c1-8-15(4,32(25,19(5)22)20(6)23)30-33(26,21(7)24)16(9-2,10-3)31-34(27,28-13-11-17)29-14-12-18/h19-21H,8-14,17-18H2,1-7H3. The quantitative estimate of drug-likeness (QED) is 0.103. The van der Waals surface area contributed by atoms with Crippen molar-refractivity contribution in [3.63, 3.8) is 0 Å². The Hall–Kier alpha value is 0.210. The van der Waals surface area contributed by atoms with E-state index in [1.165, 1.54) is 27.7 Å². The third-order valence-electron chi connectivity index (χ3n) is 5.61. The topological polar surface area (TPSA) is 223 Å². The molecule has 34 heavy (non-hydrogen) atoms. The lowest BCUT2D eigenvalue weighted by atomic mass is 10.2. The van der Waals surface area contributed by atoms with E-state index in [1.54, 1.807) is 0 Å². The predicted octanol–water partition coefficient (Wildman–Crippen LogP) is -0.855. The summed E-state index contributed by atoms with van der Waals surface area (Å²) in [6, 6.07) is 0. The summed E-state index contributed by atoms with van der Waals surface area (Å²) in [5.74, 6) is 0. The van der Waals surface area contributed by atoms with Gasteiger partial charge in [-0.1, -0.05) is 20.8 Å². The number of nitrogens with two attached hydrogens (primary N) is 2. The monoisotopic (exact) mass is 557 g/mol. The molecule has 0 saturated heterocycles. The van der Waals surface area contributed by atoms with Gasteiger partial charge in [0.15, 0.2) is 0 Å². The van der Waals surface area contributed by atoms with E-state index in [1.807, 2.05) is 0 Å². The highest BCUT2D eigenvalue weighted by molar-refractivity contribution is 7.57. The molecule has 0 aromatic heterocycles. The first-order chi connectivity index (χ1) is 15.5. The van der Waals surface area contributed by atoms with Crippen LogP contribution >= 0.6 is 22.8 Å². The molecule has 0 amide bonds. The van der Waals surface area contributed by atoms with Crippen LogP contribution in [-0.2, 0) is 31.8 Å². The number of rotatable bonds is 18. The molecule has 0 aromatic carbocycles. The van der Waals surface area contributed by atoms with E-state index in [0.29, 0.717) is 0 Å². The lowest BCUT2D eigenvalue weighted by Gasteiger charge is -2.47. The van der Waals surface area contributed by atoms with E-state index in [2.05, 4.69) is 0 Å². The second kappa shape index (κ2) is 13.7. The Morgan fingerprint density at radius 2 is 1.18 bits per heavy atom. The van der Waals surface area contributed by atoms with Gasteiger partial charge in [0.2, 0.25) is 10.7 Å². The van der Waals surface area contributed by atoms with Crippen molar-refractivity contribution in [2.24, 2.45) is 11.5 Å². The van der Waals surface area contributed by atoms with E-state index in [9.17, 15) is 29.3 Å². The fraction of sp³-hybridized carbons (Fsp3) is 1.00. The Labute approximate surface area is 201 Å². The van der Waals surface area contributed by atoms with Crippen LogP contribution in [-0.4, -0.2) is 58.1 Å². The van der Waals surface area contributed by atoms with Crippen molar-refractivity contribution in [2.45, 2.75) is 57.6 Å². The molecule has 0 spiro atoms. The highest BCUT2D eigenvalue weighted by Crippen LogP contribution is 2.68. The molecular weight excluding hydrogens is 515 g/mol. The van der Waals surface area contributed by atoms with Gasteiger partial charge in [0.05, 0.1) is 34.4 Å². The largest absolute Gasteiger partial charge is 0.630 e. The highest BCUT2D eigenvalue weighted by Gasteiger charge is 2.66. The maximum absolute atomic E-state index is 14.4. The average Bonchev–Trinajstić information content (AvgIpc) is 2.78. The van der Waals surface area contributed by atoms with Crippen LogP contribution in [0.25, 0.3) is 0 Å². The molecule has 5 unspecified atom stereocenters. The molecule has 0 aliphatic heterocycles. The Kier molecular flexibility index (Phi) is 13.8. The fourth-order valence-corrected chi connectivity index (χ4v) is 11.1. The highest BCUT2D eigenvalue weighted by atomic mass is 31.2. The van der Waals surface area contributed by atoms with Crippen LogP contribution in [0.15, 0.2) is 0 Å². The lowest BCUT2D eigenvalue weighted by Crippen LogP contribution is -3.19. The van der Waals surface area contributed by atoms with Crippen LogP contribution in [0, 0.1) is 15.6 Å². The van der Waals surface area contributed by atoms with Crippen molar-refractivity contribution < 1.29 is 46.3 Å². The lowest BCUT2D eigenvalue weighted by molar-refractivity contribution is -0.807. The van der Waals surface area contributed by atoms with Crippen molar-refractivity contribution in [1.82, 2.24) is 0 Å². The maximum atomic E-state index is 14.4. The van der Waals surface area contributed by atoms with Crippen LogP contribution in [0.2, 0.25) is 0 Å². The number of quaternary nitrogens is 3. The molecule has 0 saturated carbocycles. The van der Waals surface area contributed by atoms with Gasteiger partial charge in [0.25, 0.3) is 0 Å². The van der Waals surface area contributed by atoms with Gasteiger partial charge < -0.3 is 31.9 Å². The zero-order valence-corrected chi connectivity index (χ0v) is 23.7. The number of hydrogen-bond acceptors (Lipinski definition) is 12. The molecule has 7 N–H and O–H groups in total. The second-order valence-corrected chi connectivity index (χ2v) is 15.5. The van der Waals surface area contributed by atoms with Gasteiger partial charge in [0.1, 0.15) is 0 Å². The van der Waals surface area contributed by atoms with E-state index < -0.39 is 48.0 Å². The Bertz CT molecular complexity index is 744. The molecule has 0 rings (SSSR count). The fourth-order valence-electron chi connectivity index (χ4n) is 3.42. The summed E-state index contributed by atoms with van der Waals surface area (Å²) in [5, 5.41) is 33.4. The van der Waals surface area contributed by atoms with Crippen molar-refractivity contribution in [3.8, 4) is 0 Å². The molecule has 0 aliphatic rings. The van der Waals surface area contributed by atoms with Gasteiger partial charge in [0, 0.05) is 13.1 Å². The van der Waals surface area contributed by atoms with Crippen LogP contribution in [0.4, 0.5) is 0 Å². The molecule has 0 aliphatic carbocycles. The average molecular weight is 557 g/mol. The normalized spacial score (nSPS) is 21.2. The van der Waals surface area contributed by atoms with Crippen molar-refractivity contribution >= 4 is 22.8 Å². The van der Waals surface area contributed by atoms with Crippen LogP contribution < -0.4 is 26.0 Å². The number of hydrogen-bond donors (Lipinski definition) is 5. The molecule has 0 radical (unpaired) electrons. The van der Waals surface area contributed by atoms with Gasteiger partial charge in [-0.3, -0.25) is 27.8 Å². The van der Waals surface area contributed by atoms with Gasteiger partial charge in [-0.15, -0.1) is 0 Å². The van der Waals surface area contributed by atoms with Gasteiger partial charge in [-0.25, -0.2) is 13.7 Å². The summed E-state index contributed by atoms with van der Waals surface area (Å²) >= 11 is 0. The van der Waals surface area contributed by atoms with E-state index >= 15 is 0 Å². The Morgan fingerprint density at radius 1 is 0.765 bits per heavy atom. The van der Waals surface area contributed by atoms with Crippen molar-refractivity contribution in [3.05, 3.63) is 15.6 Å². The molecule has 0 bridgehead atoms.